The van der Waals surface area contributed by atoms with Gasteiger partial charge in [-0.25, -0.2) is 0 Å². The van der Waals surface area contributed by atoms with Gasteiger partial charge in [-0.1, -0.05) is 29.9 Å². The zero-order valence-electron chi connectivity index (χ0n) is 10.2. The predicted molar refractivity (Wildman–Crippen MR) is 70.6 cm³/mol. The molecule has 0 saturated carbocycles. The molecular formula is C16H15NO. The van der Waals surface area contributed by atoms with E-state index in [0.29, 0.717) is 0 Å². The third kappa shape index (κ3) is 2.02. The second-order valence-electron chi connectivity index (χ2n) is 4.75. The fourth-order valence-electron chi connectivity index (χ4n) is 2.51. The molecule has 1 aromatic rings. The van der Waals surface area contributed by atoms with Gasteiger partial charge in [0.2, 0.25) is 0 Å². The van der Waals surface area contributed by atoms with Gasteiger partial charge in [0.25, 0.3) is 0 Å². The second-order valence-corrected chi connectivity index (χ2v) is 4.75. The van der Waals surface area contributed by atoms with Crippen LogP contribution in [0, 0.1) is 23.7 Å². The summed E-state index contributed by atoms with van der Waals surface area (Å²) >= 11 is 0. The summed E-state index contributed by atoms with van der Waals surface area (Å²) in [7, 11) is 0. The summed E-state index contributed by atoms with van der Waals surface area (Å²) in [6.45, 7) is 1.70. The fourth-order valence-corrected chi connectivity index (χ4v) is 2.51. The highest BCUT2D eigenvalue weighted by Gasteiger charge is 2.36. The van der Waals surface area contributed by atoms with Crippen LogP contribution in [0.1, 0.15) is 30.4 Å². The van der Waals surface area contributed by atoms with Gasteiger partial charge in [-0.3, -0.25) is 4.90 Å². The van der Waals surface area contributed by atoms with E-state index in [0.717, 1.165) is 43.5 Å². The van der Waals surface area contributed by atoms with Gasteiger partial charge in [0.15, 0.2) is 5.72 Å². The van der Waals surface area contributed by atoms with Crippen LogP contribution >= 0.6 is 0 Å². The lowest BCUT2D eigenvalue weighted by molar-refractivity contribution is -0.0268. The van der Waals surface area contributed by atoms with Gasteiger partial charge < -0.3 is 5.11 Å². The molecule has 0 spiro atoms. The third-order valence-corrected chi connectivity index (χ3v) is 3.53. The topological polar surface area (TPSA) is 23.5 Å². The van der Waals surface area contributed by atoms with Gasteiger partial charge >= 0.3 is 0 Å². The van der Waals surface area contributed by atoms with Gasteiger partial charge in [-0.2, -0.15) is 0 Å². The van der Waals surface area contributed by atoms with Crippen LogP contribution in [0.3, 0.4) is 0 Å². The maximum atomic E-state index is 10.6. The van der Waals surface area contributed by atoms with E-state index in [9.17, 15) is 5.11 Å². The molecule has 3 rings (SSSR count). The summed E-state index contributed by atoms with van der Waals surface area (Å²) in [5, 5.41) is 10.6. The summed E-state index contributed by atoms with van der Waals surface area (Å²) in [6, 6.07) is 7.87. The number of nitrogens with zero attached hydrogens (tertiary/aromatic N) is 1. The average Bonchev–Trinajstić information content (AvgIpc) is 2.76. The smallest absolute Gasteiger partial charge is 0.182 e. The van der Waals surface area contributed by atoms with Crippen molar-refractivity contribution in [2.75, 3.05) is 13.1 Å². The van der Waals surface area contributed by atoms with Crippen molar-refractivity contribution in [3.8, 4) is 23.7 Å². The second kappa shape index (κ2) is 4.50. The molecule has 1 unspecified atom stereocenters. The minimum atomic E-state index is -0.952. The lowest BCUT2D eigenvalue weighted by atomic mass is 10.1. The van der Waals surface area contributed by atoms with Crippen LogP contribution < -0.4 is 0 Å². The highest BCUT2D eigenvalue weighted by Crippen LogP contribution is 2.26. The Bertz CT molecular complexity index is 584. The van der Waals surface area contributed by atoms with E-state index in [1.807, 2.05) is 29.2 Å². The number of aliphatic hydroxyl groups is 1. The van der Waals surface area contributed by atoms with E-state index in [2.05, 4.69) is 23.7 Å². The van der Waals surface area contributed by atoms with Crippen LogP contribution in [0.2, 0.25) is 0 Å². The number of hydrogen-bond acceptors (Lipinski definition) is 2. The molecule has 1 atom stereocenters. The average molecular weight is 237 g/mol. The Morgan fingerprint density at radius 1 is 1.11 bits per heavy atom. The van der Waals surface area contributed by atoms with Crippen molar-refractivity contribution in [3.63, 3.8) is 0 Å². The van der Waals surface area contributed by atoms with E-state index in [1.54, 1.807) is 0 Å². The molecule has 2 heterocycles. The van der Waals surface area contributed by atoms with E-state index in [4.69, 9.17) is 0 Å². The summed E-state index contributed by atoms with van der Waals surface area (Å²) in [6.07, 6.45) is 2.51. The van der Waals surface area contributed by atoms with Crippen LogP contribution in [0.4, 0.5) is 0 Å². The SMILES string of the molecule is OC12C#Cc3ccccc3C#CCCN1CCC2. The third-order valence-electron chi connectivity index (χ3n) is 3.53. The van der Waals surface area contributed by atoms with Crippen molar-refractivity contribution in [1.29, 1.82) is 0 Å². The van der Waals surface area contributed by atoms with Crippen LogP contribution in [0.25, 0.3) is 0 Å². The Labute approximate surface area is 108 Å². The Hall–Kier alpha value is -1.74. The molecule has 90 valence electrons. The summed E-state index contributed by atoms with van der Waals surface area (Å²) in [5.74, 6) is 12.5. The maximum Gasteiger partial charge on any atom is 0.182 e. The molecule has 0 bridgehead atoms. The molecular weight excluding hydrogens is 222 g/mol. The highest BCUT2D eigenvalue weighted by atomic mass is 16.3. The lowest BCUT2D eigenvalue weighted by Gasteiger charge is -2.28. The molecule has 1 saturated heterocycles. The van der Waals surface area contributed by atoms with Crippen LogP contribution in [-0.2, 0) is 0 Å². The number of rotatable bonds is 0. The van der Waals surface area contributed by atoms with E-state index in [1.165, 1.54) is 0 Å². The fraction of sp³-hybridized carbons (Fsp3) is 0.375. The van der Waals surface area contributed by atoms with Crippen LogP contribution in [0.5, 0.6) is 0 Å². The predicted octanol–water partition coefficient (Wildman–Crippen LogP) is 1.58. The molecule has 18 heavy (non-hydrogen) atoms. The Morgan fingerprint density at radius 3 is 2.72 bits per heavy atom. The normalized spacial score (nSPS) is 26.1. The van der Waals surface area contributed by atoms with Crippen molar-refractivity contribution >= 4 is 0 Å². The first kappa shape index (κ1) is 11.4. The van der Waals surface area contributed by atoms with Gasteiger partial charge in [-0.05, 0) is 24.5 Å². The van der Waals surface area contributed by atoms with Crippen molar-refractivity contribution in [1.82, 2.24) is 4.90 Å². The van der Waals surface area contributed by atoms with E-state index >= 15 is 0 Å². The Kier molecular flexibility index (Phi) is 2.84. The minimum Gasteiger partial charge on any atom is -0.365 e. The number of benzene rings is 1. The largest absolute Gasteiger partial charge is 0.365 e. The summed E-state index contributed by atoms with van der Waals surface area (Å²) < 4.78 is 0. The number of fused-ring (bicyclic) bond motifs is 2. The Morgan fingerprint density at radius 2 is 1.89 bits per heavy atom. The first-order valence-corrected chi connectivity index (χ1v) is 6.36. The Balaban J connectivity index is 2.07. The van der Waals surface area contributed by atoms with E-state index < -0.39 is 5.72 Å². The van der Waals surface area contributed by atoms with Crippen LogP contribution in [-0.4, -0.2) is 28.8 Å². The zero-order valence-corrected chi connectivity index (χ0v) is 10.2. The van der Waals surface area contributed by atoms with Gasteiger partial charge in [-0.15, -0.1) is 0 Å². The van der Waals surface area contributed by atoms with Crippen molar-refractivity contribution in [3.05, 3.63) is 35.4 Å². The molecule has 0 aromatic heterocycles. The molecule has 2 nitrogen and oxygen atoms in total. The zero-order chi connectivity index (χ0) is 12.4. The van der Waals surface area contributed by atoms with E-state index in [-0.39, 0.29) is 0 Å². The molecule has 2 aliphatic rings. The first-order valence-electron chi connectivity index (χ1n) is 6.36. The van der Waals surface area contributed by atoms with Gasteiger partial charge in [0.05, 0.1) is 0 Å². The van der Waals surface area contributed by atoms with Crippen LogP contribution in [0.15, 0.2) is 24.3 Å². The summed E-state index contributed by atoms with van der Waals surface area (Å²) in [5.41, 5.74) is 0.916. The van der Waals surface area contributed by atoms with Crippen molar-refractivity contribution in [2.24, 2.45) is 0 Å². The van der Waals surface area contributed by atoms with Crippen molar-refractivity contribution in [2.45, 2.75) is 25.0 Å². The van der Waals surface area contributed by atoms with Gasteiger partial charge in [0.1, 0.15) is 0 Å². The lowest BCUT2D eigenvalue weighted by Crippen LogP contribution is -2.43. The minimum absolute atomic E-state index is 0.732. The first-order chi connectivity index (χ1) is 8.78. The molecule has 1 fully saturated rings. The quantitative estimate of drug-likeness (QED) is 0.692. The highest BCUT2D eigenvalue weighted by molar-refractivity contribution is 5.50. The molecule has 2 heteroatoms. The van der Waals surface area contributed by atoms with Gasteiger partial charge in [0, 0.05) is 37.1 Å². The molecule has 1 aromatic carbocycles. The molecule has 0 aliphatic carbocycles. The number of hydrogen-bond donors (Lipinski definition) is 1. The summed E-state index contributed by atoms with van der Waals surface area (Å²) in [4.78, 5) is 2.04. The maximum absolute atomic E-state index is 10.6. The van der Waals surface area contributed by atoms with Crippen molar-refractivity contribution < 1.29 is 5.11 Å². The molecule has 0 radical (unpaired) electrons. The standard InChI is InChI=1S/C16H15NO/c18-16-10-5-13-17(16)12-4-3-8-14-6-1-2-7-15(14)9-11-16/h1-2,6-7,18H,4-5,10,12-13H2. The molecule has 2 aliphatic heterocycles. The molecule has 0 amide bonds. The molecule has 1 N–H and O–H groups in total. The monoisotopic (exact) mass is 237 g/mol.